The van der Waals surface area contributed by atoms with Crippen LogP contribution in [0.3, 0.4) is 0 Å². The number of amides is 3. The molecule has 84 heavy (non-hydrogen) atoms. The first kappa shape index (κ1) is 56.7. The summed E-state index contributed by atoms with van der Waals surface area (Å²) in [6.45, 7) is 21.7. The van der Waals surface area contributed by atoms with Gasteiger partial charge in [-0.15, -0.1) is 5.54 Å². The van der Waals surface area contributed by atoms with Crippen LogP contribution in [0.5, 0.6) is 6.01 Å². The Labute approximate surface area is 493 Å². The minimum atomic E-state index is -2.26. The highest BCUT2D eigenvalue weighted by Crippen LogP contribution is 2.54. The van der Waals surface area contributed by atoms with E-state index in [1.54, 1.807) is 23.2 Å². The first-order chi connectivity index (χ1) is 40.3. The third-order valence-electron chi connectivity index (χ3n) is 21.2. The van der Waals surface area contributed by atoms with Crippen molar-refractivity contribution in [1.29, 1.82) is 0 Å². The predicted molar refractivity (Wildman–Crippen MR) is 329 cm³/mol. The van der Waals surface area contributed by atoms with E-state index in [0.29, 0.717) is 94.3 Å². The highest BCUT2D eigenvalue weighted by molar-refractivity contribution is 6.90. The molecule has 2 N–H and O–H groups in total. The average Bonchev–Trinajstić information content (AvgIpc) is 3.37. The Morgan fingerprint density at radius 2 is 1.54 bits per heavy atom. The van der Waals surface area contributed by atoms with E-state index in [-0.39, 0.29) is 46.4 Å². The SMILES string of the molecule is CC(C)[Si](C#Cc1c(F)ccc2cccc(-c3ncc4c(N5CCC[C@](C)(O)C5)nc(OCC5(CN6CCC7(CC6)CC(N6CCC(c8ccc9c%10c(cccc8%10)C(=O)N9C8CCC(=O)NC8=O)CC6)C7)CC5)nc4c3F)c12)(C(C)C)C(C)C. The summed E-state index contributed by atoms with van der Waals surface area (Å²) in [5, 5.41) is 17.4. The smallest absolute Gasteiger partial charge is 0.319 e. The normalized spacial score (nSPS) is 23.1. The van der Waals surface area contributed by atoms with Crippen molar-refractivity contribution in [2.24, 2.45) is 10.8 Å². The zero-order chi connectivity index (χ0) is 58.6. The number of carbonyl (C=O) groups excluding carboxylic acids is 3. The van der Waals surface area contributed by atoms with Crippen LogP contribution >= 0.6 is 0 Å². The lowest BCUT2D eigenvalue weighted by Crippen LogP contribution is -2.56. The van der Waals surface area contributed by atoms with Crippen LogP contribution < -0.4 is 19.9 Å². The fourth-order valence-corrected chi connectivity index (χ4v) is 21.6. The van der Waals surface area contributed by atoms with E-state index in [9.17, 15) is 19.5 Å². The highest BCUT2D eigenvalue weighted by atomic mass is 28.3. The maximum Gasteiger partial charge on any atom is 0.319 e. The second kappa shape index (κ2) is 21.5. The van der Waals surface area contributed by atoms with Crippen LogP contribution in [0.4, 0.5) is 20.3 Å². The third kappa shape index (κ3) is 9.96. The first-order valence-electron chi connectivity index (χ1n) is 31.2. The number of pyridine rings is 1. The molecule has 6 fully saturated rings. The number of anilines is 2. The summed E-state index contributed by atoms with van der Waals surface area (Å²) in [5.74, 6) is 2.28. The predicted octanol–water partition coefficient (Wildman–Crippen LogP) is 12.2. The van der Waals surface area contributed by atoms with E-state index in [1.165, 1.54) is 37.3 Å². The Kier molecular flexibility index (Phi) is 14.5. The van der Waals surface area contributed by atoms with Gasteiger partial charge in [-0.2, -0.15) is 9.97 Å². The maximum absolute atomic E-state index is 17.7. The lowest BCUT2D eigenvalue weighted by atomic mass is 9.59. The molecule has 0 radical (unpaired) electrons. The molecule has 4 aromatic carbocycles. The molecule has 5 aliphatic heterocycles. The number of halogens is 2. The first-order valence-corrected chi connectivity index (χ1v) is 33.4. The van der Waals surface area contributed by atoms with Gasteiger partial charge >= 0.3 is 6.01 Å². The number of nitrogens with zero attached hydrogens (tertiary/aromatic N) is 7. The molecule has 2 aliphatic carbocycles. The van der Waals surface area contributed by atoms with E-state index >= 15 is 8.78 Å². The number of aliphatic hydroxyl groups is 1. The lowest BCUT2D eigenvalue weighted by Gasteiger charge is -2.56. The van der Waals surface area contributed by atoms with Crippen LogP contribution in [0.1, 0.15) is 153 Å². The number of fused-ring (bicyclic) bond motifs is 2. The molecule has 13 rings (SSSR count). The van der Waals surface area contributed by atoms with E-state index in [0.717, 1.165) is 86.7 Å². The number of ether oxygens (including phenoxy) is 1. The molecule has 4 saturated heterocycles. The third-order valence-corrected chi connectivity index (χ3v) is 27.5. The van der Waals surface area contributed by atoms with Gasteiger partial charge in [0.15, 0.2) is 5.82 Å². The number of benzene rings is 4. The van der Waals surface area contributed by atoms with Gasteiger partial charge in [0.25, 0.3) is 5.91 Å². The number of hydrogen-bond donors (Lipinski definition) is 2. The molecule has 2 aromatic heterocycles. The van der Waals surface area contributed by atoms with Gasteiger partial charge in [0.1, 0.15) is 37.0 Å². The molecule has 7 heterocycles. The number of β-amino-alcohol motifs (C(OH)–C–C–N with tert-alkyl or cyclic N) is 1. The number of carbonyl (C=O) groups is 3. The summed E-state index contributed by atoms with van der Waals surface area (Å²) in [6, 6.07) is 18.9. The van der Waals surface area contributed by atoms with Crippen molar-refractivity contribution in [3.63, 3.8) is 0 Å². The molecule has 0 bridgehead atoms. The van der Waals surface area contributed by atoms with Gasteiger partial charge in [0, 0.05) is 65.6 Å². The maximum atomic E-state index is 17.7. The molecule has 7 aliphatic rings. The summed E-state index contributed by atoms with van der Waals surface area (Å²) in [7, 11) is -2.26. The fraction of sp³-hybridized carbons (Fsp3) is 0.529. The molecular weight excluding hydrogens is 1070 g/mol. The lowest BCUT2D eigenvalue weighted by molar-refractivity contribution is -0.134. The van der Waals surface area contributed by atoms with Gasteiger partial charge in [0.05, 0.1) is 28.8 Å². The summed E-state index contributed by atoms with van der Waals surface area (Å²) < 4.78 is 40.6. The Morgan fingerprint density at radius 1 is 0.810 bits per heavy atom. The van der Waals surface area contributed by atoms with Crippen molar-refractivity contribution >= 4 is 69.7 Å². The summed E-state index contributed by atoms with van der Waals surface area (Å²) in [6.07, 6.45) is 12.6. The second-order valence-corrected chi connectivity index (χ2v) is 33.1. The van der Waals surface area contributed by atoms with Crippen LogP contribution in [-0.2, 0) is 9.59 Å². The van der Waals surface area contributed by atoms with E-state index < -0.39 is 37.3 Å². The van der Waals surface area contributed by atoms with Crippen molar-refractivity contribution in [2.75, 3.05) is 62.2 Å². The van der Waals surface area contributed by atoms with E-state index in [4.69, 9.17) is 19.7 Å². The quantitative estimate of drug-likeness (QED) is 0.0648. The zero-order valence-corrected chi connectivity index (χ0v) is 50.9. The fourth-order valence-electron chi connectivity index (χ4n) is 16.4. The van der Waals surface area contributed by atoms with Gasteiger partial charge in [-0.3, -0.25) is 29.6 Å². The summed E-state index contributed by atoms with van der Waals surface area (Å²) in [4.78, 5) is 62.2. The van der Waals surface area contributed by atoms with Gasteiger partial charge in [0.2, 0.25) is 11.8 Å². The molecule has 2 saturated carbocycles. The minimum absolute atomic E-state index is 0.0503. The Balaban J connectivity index is 0.677. The van der Waals surface area contributed by atoms with E-state index in [1.807, 2.05) is 42.2 Å². The van der Waals surface area contributed by atoms with Crippen molar-refractivity contribution < 1.29 is 33.0 Å². The van der Waals surface area contributed by atoms with Crippen molar-refractivity contribution in [3.05, 3.63) is 95.2 Å². The molecule has 1 unspecified atom stereocenters. The molecule has 1 spiro atoms. The number of hydrogen-bond acceptors (Lipinski definition) is 11. The number of nitrogens with one attached hydrogen (secondary N) is 1. The van der Waals surface area contributed by atoms with Crippen LogP contribution in [0, 0.1) is 33.9 Å². The van der Waals surface area contributed by atoms with Gasteiger partial charge in [-0.25, -0.2) is 8.78 Å². The topological polar surface area (TPSA) is 144 Å². The summed E-state index contributed by atoms with van der Waals surface area (Å²) in [5.41, 5.74) is 7.63. The summed E-state index contributed by atoms with van der Waals surface area (Å²) >= 11 is 0. The number of likely N-dealkylation sites (tertiary alicyclic amines) is 2. The molecule has 440 valence electrons. The van der Waals surface area contributed by atoms with Crippen LogP contribution in [0.2, 0.25) is 16.6 Å². The molecule has 16 heteroatoms. The number of imide groups is 1. The van der Waals surface area contributed by atoms with Crippen molar-refractivity contribution in [1.82, 2.24) is 30.1 Å². The minimum Gasteiger partial charge on any atom is -0.463 e. The van der Waals surface area contributed by atoms with Crippen molar-refractivity contribution in [3.8, 4) is 28.7 Å². The monoisotopic (exact) mass is 1150 g/mol. The molecule has 2 atom stereocenters. The number of aromatic nitrogens is 3. The zero-order valence-electron chi connectivity index (χ0n) is 49.9. The van der Waals surface area contributed by atoms with Crippen molar-refractivity contribution in [2.45, 2.75) is 166 Å². The molecule has 6 aromatic rings. The average molecular weight is 1160 g/mol. The largest absolute Gasteiger partial charge is 0.463 e. The number of rotatable bonds is 13. The molecular formula is C68H80F2N8O5Si. The van der Waals surface area contributed by atoms with E-state index in [2.05, 4.69) is 80.3 Å². The Morgan fingerprint density at radius 3 is 2.24 bits per heavy atom. The highest BCUT2D eigenvalue weighted by Gasteiger charge is 2.51. The van der Waals surface area contributed by atoms with Crippen LogP contribution in [0.15, 0.2) is 66.9 Å². The van der Waals surface area contributed by atoms with Gasteiger partial charge in [-0.05, 0) is 166 Å². The van der Waals surface area contributed by atoms with Gasteiger partial charge in [-0.1, -0.05) is 89.9 Å². The van der Waals surface area contributed by atoms with Crippen LogP contribution in [-0.4, -0.2) is 126 Å². The van der Waals surface area contributed by atoms with Crippen LogP contribution in [0.25, 0.3) is 43.7 Å². The molecule has 13 nitrogen and oxygen atoms in total. The number of piperidine rings is 4. The standard InChI is InChI=1S/C68H80F2N8O5Si/c1-41(2)84(42(3)4,43(5)6)34-23-49-53(69)17-15-45-11-8-13-50(57(45)49)60-59(70)61-52(37-71-60)62(77-29-10-24-66(7,82)38-77)74-65(73-61)83-40-68(25-26-68)39-75-32-27-67(28-33-75)35-46(36-67)76-30-21-44(22-31-76)47-16-18-54-58-48(47)12-9-14-51(58)64(81)78(54)55-19-20-56(79)72-63(55)80/h8-9,11-18,37,41-44,46,55,82H,10,19-22,24-33,35-36,38-40H2,1-7H3,(H,72,79,80)/t55?,66-/m0/s1. The molecule has 3 amide bonds. The Bertz CT molecular complexity index is 3680. The second-order valence-electron chi connectivity index (χ2n) is 27.5. The van der Waals surface area contributed by atoms with Gasteiger partial charge < -0.3 is 24.5 Å². The Hall–Kier alpha value is -6.38.